The molecule has 1 saturated heterocycles. The van der Waals surface area contributed by atoms with Crippen molar-refractivity contribution in [3.05, 3.63) is 40.6 Å². The van der Waals surface area contributed by atoms with E-state index in [4.69, 9.17) is 18.6 Å². The van der Waals surface area contributed by atoms with Crippen LogP contribution in [0.15, 0.2) is 39.5 Å². The summed E-state index contributed by atoms with van der Waals surface area (Å²) in [6, 6.07) is 5.48. The molecule has 0 amide bonds. The van der Waals surface area contributed by atoms with Crippen molar-refractivity contribution in [1.82, 2.24) is 0 Å². The first-order valence-corrected chi connectivity index (χ1v) is 10.4. The van der Waals surface area contributed by atoms with Gasteiger partial charge in [-0.3, -0.25) is 9.59 Å². The average molecular weight is 490 g/mol. The van der Waals surface area contributed by atoms with Crippen LogP contribution in [-0.2, 0) is 14.3 Å². The van der Waals surface area contributed by atoms with Crippen molar-refractivity contribution in [2.24, 2.45) is 0 Å². The average Bonchev–Trinajstić information content (AvgIpc) is 2.77. The van der Waals surface area contributed by atoms with Gasteiger partial charge in [0, 0.05) is 24.6 Å². The highest BCUT2D eigenvalue weighted by atomic mass is 16.7. The Bertz CT molecular complexity index is 1350. The lowest BCUT2D eigenvalue weighted by Gasteiger charge is -2.40. The Kier molecular flexibility index (Phi) is 6.19. The lowest BCUT2D eigenvalue weighted by Crippen LogP contribution is -2.59. The minimum Gasteiger partial charge on any atom is -0.508 e. The zero-order chi connectivity index (χ0) is 25.6. The summed E-state index contributed by atoms with van der Waals surface area (Å²) >= 11 is 0. The molecule has 186 valence electrons. The minimum absolute atomic E-state index is 0.0469. The second-order valence-corrected chi connectivity index (χ2v) is 8.01. The summed E-state index contributed by atoms with van der Waals surface area (Å²) in [7, 11) is 0. The molecule has 5 atom stereocenters. The van der Waals surface area contributed by atoms with Gasteiger partial charge in [-0.05, 0) is 25.1 Å². The predicted molar refractivity (Wildman–Crippen MR) is 117 cm³/mol. The number of phenolic OH excluding ortho intramolecular Hbond substituents is 4. The van der Waals surface area contributed by atoms with Gasteiger partial charge >= 0.3 is 5.97 Å². The first kappa shape index (κ1) is 24.1. The molecule has 1 aliphatic heterocycles. The first-order chi connectivity index (χ1) is 16.5. The maximum atomic E-state index is 13.4. The van der Waals surface area contributed by atoms with Crippen LogP contribution in [0.5, 0.6) is 28.7 Å². The molecule has 3 aromatic rings. The summed E-state index contributed by atoms with van der Waals surface area (Å²) in [5.41, 5.74) is -1.11. The van der Waals surface area contributed by atoms with Crippen LogP contribution in [0.1, 0.15) is 13.8 Å². The third-order valence-corrected chi connectivity index (χ3v) is 5.48. The fourth-order valence-corrected chi connectivity index (χ4v) is 3.76. The molecule has 1 fully saturated rings. The van der Waals surface area contributed by atoms with Crippen molar-refractivity contribution in [3.8, 4) is 40.1 Å². The van der Waals surface area contributed by atoms with Gasteiger partial charge in [0.25, 0.3) is 0 Å². The molecule has 4 rings (SSSR count). The van der Waals surface area contributed by atoms with Crippen molar-refractivity contribution < 1.29 is 54.1 Å². The number of ether oxygens (including phenoxy) is 3. The van der Waals surface area contributed by atoms with E-state index in [0.717, 1.165) is 31.2 Å². The maximum Gasteiger partial charge on any atom is 0.303 e. The van der Waals surface area contributed by atoms with Crippen LogP contribution in [0, 0.1) is 0 Å². The number of aliphatic hydroxyl groups excluding tert-OH is 2. The molecule has 0 radical (unpaired) electrons. The number of aliphatic hydroxyl groups is 2. The van der Waals surface area contributed by atoms with Gasteiger partial charge in [-0.2, -0.15) is 0 Å². The molecular weight excluding hydrogens is 468 g/mol. The summed E-state index contributed by atoms with van der Waals surface area (Å²) in [6.07, 6.45) is -7.22. The van der Waals surface area contributed by atoms with Crippen LogP contribution >= 0.6 is 0 Å². The molecule has 1 aromatic heterocycles. The second-order valence-electron chi connectivity index (χ2n) is 8.01. The van der Waals surface area contributed by atoms with Gasteiger partial charge in [0.1, 0.15) is 34.7 Å². The highest BCUT2D eigenvalue weighted by Gasteiger charge is 2.47. The molecule has 6 N–H and O–H groups in total. The summed E-state index contributed by atoms with van der Waals surface area (Å²) in [5.74, 6) is -3.72. The lowest BCUT2D eigenvalue weighted by molar-refractivity contribution is -0.273. The Hall–Kier alpha value is -4.00. The molecule has 0 saturated carbocycles. The smallest absolute Gasteiger partial charge is 0.303 e. The fourth-order valence-electron chi connectivity index (χ4n) is 3.76. The van der Waals surface area contributed by atoms with Crippen LogP contribution in [0.2, 0.25) is 0 Å². The number of rotatable bonds is 4. The number of benzene rings is 2. The SMILES string of the molecule is CC(=O)O[C@H]1[C@H](Oc2c(-c3ccc(O)c(O)c3)oc3cc(O)cc(O)c3c2=O)O[C@H](C)[C@H](O)[C@H]1O. The van der Waals surface area contributed by atoms with Gasteiger partial charge in [-0.1, -0.05) is 0 Å². The molecule has 2 heterocycles. The van der Waals surface area contributed by atoms with E-state index in [2.05, 4.69) is 0 Å². The van der Waals surface area contributed by atoms with E-state index < -0.39 is 70.9 Å². The number of carbonyl (C=O) groups is 1. The van der Waals surface area contributed by atoms with Gasteiger partial charge in [0.15, 0.2) is 23.4 Å². The van der Waals surface area contributed by atoms with E-state index >= 15 is 0 Å². The normalized spacial score (nSPS) is 24.3. The Labute approximate surface area is 196 Å². The van der Waals surface area contributed by atoms with Gasteiger partial charge in [0.2, 0.25) is 17.5 Å². The number of hydrogen-bond acceptors (Lipinski definition) is 12. The maximum absolute atomic E-state index is 13.4. The fraction of sp³-hybridized carbons (Fsp3) is 0.304. The van der Waals surface area contributed by atoms with Crippen LogP contribution in [0.3, 0.4) is 0 Å². The van der Waals surface area contributed by atoms with Crippen molar-refractivity contribution in [2.45, 2.75) is 44.6 Å². The number of esters is 1. The third-order valence-electron chi connectivity index (χ3n) is 5.48. The zero-order valence-corrected chi connectivity index (χ0v) is 18.4. The standard InChI is InChI=1S/C23H22O12/c1-8-17(29)19(31)22(33-9(2)24)23(32-8)35-21-18(30)16-14(28)6-11(25)7-15(16)34-20(21)10-3-4-12(26)13(27)5-10/h3-8,17,19,22-23,25-29,31H,1-2H3/t8-,17+,19-,22-,23+/m1/s1. The number of aromatic hydroxyl groups is 4. The summed E-state index contributed by atoms with van der Waals surface area (Å²) in [5, 5.41) is 60.0. The monoisotopic (exact) mass is 490 g/mol. The van der Waals surface area contributed by atoms with Crippen LogP contribution in [0.25, 0.3) is 22.3 Å². The summed E-state index contributed by atoms with van der Waals surface area (Å²) in [4.78, 5) is 25.0. The predicted octanol–water partition coefficient (Wildman–Crippen LogP) is 1.06. The quantitative estimate of drug-likeness (QED) is 0.225. The highest BCUT2D eigenvalue weighted by molar-refractivity contribution is 5.88. The molecule has 12 nitrogen and oxygen atoms in total. The van der Waals surface area contributed by atoms with Crippen LogP contribution in [0.4, 0.5) is 0 Å². The zero-order valence-electron chi connectivity index (χ0n) is 18.4. The minimum atomic E-state index is -1.63. The number of hydrogen-bond donors (Lipinski definition) is 6. The topological polar surface area (TPSA) is 196 Å². The van der Waals surface area contributed by atoms with Crippen molar-refractivity contribution >= 4 is 16.9 Å². The molecule has 0 aliphatic carbocycles. The third kappa shape index (κ3) is 4.41. The molecular formula is C23H22O12. The Morgan fingerprint density at radius 2 is 1.69 bits per heavy atom. The van der Waals surface area contributed by atoms with Crippen molar-refractivity contribution in [2.75, 3.05) is 0 Å². The largest absolute Gasteiger partial charge is 0.508 e. The first-order valence-electron chi connectivity index (χ1n) is 10.4. The van der Waals surface area contributed by atoms with Crippen molar-refractivity contribution in [1.29, 1.82) is 0 Å². The van der Waals surface area contributed by atoms with E-state index in [1.807, 2.05) is 0 Å². The van der Waals surface area contributed by atoms with Gasteiger partial charge in [-0.15, -0.1) is 0 Å². The number of fused-ring (bicyclic) bond motifs is 1. The van der Waals surface area contributed by atoms with Gasteiger partial charge < -0.3 is 49.3 Å². The van der Waals surface area contributed by atoms with E-state index in [1.165, 1.54) is 13.0 Å². The highest BCUT2D eigenvalue weighted by Crippen LogP contribution is 2.39. The van der Waals surface area contributed by atoms with Gasteiger partial charge in [-0.25, -0.2) is 0 Å². The van der Waals surface area contributed by atoms with E-state index in [1.54, 1.807) is 0 Å². The molecule has 12 heteroatoms. The number of carbonyl (C=O) groups excluding carboxylic acids is 1. The molecule has 2 aromatic carbocycles. The lowest BCUT2D eigenvalue weighted by atomic mass is 9.99. The Morgan fingerprint density at radius 3 is 2.34 bits per heavy atom. The molecule has 35 heavy (non-hydrogen) atoms. The van der Waals surface area contributed by atoms with E-state index in [9.17, 15) is 40.2 Å². The summed E-state index contributed by atoms with van der Waals surface area (Å²) in [6.45, 7) is 2.48. The van der Waals surface area contributed by atoms with Crippen LogP contribution < -0.4 is 10.2 Å². The molecule has 1 aliphatic rings. The van der Waals surface area contributed by atoms with Crippen molar-refractivity contribution in [3.63, 3.8) is 0 Å². The Morgan fingerprint density at radius 1 is 0.971 bits per heavy atom. The Balaban J connectivity index is 1.92. The van der Waals surface area contributed by atoms with Gasteiger partial charge in [0.05, 0.1) is 6.10 Å². The number of phenols is 4. The van der Waals surface area contributed by atoms with E-state index in [-0.39, 0.29) is 22.3 Å². The van der Waals surface area contributed by atoms with Crippen LogP contribution in [-0.4, -0.2) is 67.3 Å². The summed E-state index contributed by atoms with van der Waals surface area (Å²) < 4.78 is 22.1. The molecule has 0 spiro atoms. The molecule has 0 bridgehead atoms. The van der Waals surface area contributed by atoms with E-state index in [0.29, 0.717) is 0 Å². The molecule has 0 unspecified atom stereocenters. The second kappa shape index (κ2) is 8.98.